The van der Waals surface area contributed by atoms with Crippen molar-refractivity contribution in [1.82, 2.24) is 10.2 Å². The minimum Gasteiger partial charge on any atom is -0.351 e. The minimum absolute atomic E-state index is 0.526. The molecule has 5 nitrogen and oxygen atoms in total. The lowest BCUT2D eigenvalue weighted by atomic mass is 10.1. The number of carbonyl (C=O) groups excluding carboxylic acids is 1. The van der Waals surface area contributed by atoms with Crippen LogP contribution in [0.4, 0.5) is 16.2 Å². The highest BCUT2D eigenvalue weighted by atomic mass is 79.9. The van der Waals surface area contributed by atoms with Gasteiger partial charge in [0.1, 0.15) is 0 Å². The van der Waals surface area contributed by atoms with Crippen molar-refractivity contribution in [3.8, 4) is 11.3 Å². The number of nitrogens with two attached hydrogens (primary N) is 1. The third-order valence-corrected chi connectivity index (χ3v) is 3.84. The van der Waals surface area contributed by atoms with Crippen LogP contribution in [-0.4, -0.2) is 16.2 Å². The number of primary amides is 1. The van der Waals surface area contributed by atoms with Gasteiger partial charge in [-0.3, -0.25) is 10.00 Å². The second-order valence-corrected chi connectivity index (χ2v) is 5.50. The van der Waals surface area contributed by atoms with Crippen molar-refractivity contribution in [2.45, 2.75) is 0 Å². The number of aromatic nitrogens is 2. The molecule has 1 heterocycles. The Kier molecular flexibility index (Phi) is 3.93. The van der Waals surface area contributed by atoms with Crippen LogP contribution in [0, 0.1) is 0 Å². The number of hydrogen-bond donors (Lipinski definition) is 2. The fourth-order valence-corrected chi connectivity index (χ4v) is 2.65. The van der Waals surface area contributed by atoms with Crippen LogP contribution in [0.1, 0.15) is 0 Å². The summed E-state index contributed by atoms with van der Waals surface area (Å²) in [4.78, 5) is 13.3. The molecule has 3 N–H and O–H groups in total. The van der Waals surface area contributed by atoms with Gasteiger partial charge in [-0.25, -0.2) is 4.79 Å². The lowest BCUT2D eigenvalue weighted by Gasteiger charge is -2.20. The number of urea groups is 1. The summed E-state index contributed by atoms with van der Waals surface area (Å²) in [5.74, 6) is 0. The van der Waals surface area contributed by atoms with Gasteiger partial charge in [0.15, 0.2) is 0 Å². The van der Waals surface area contributed by atoms with Gasteiger partial charge in [-0.15, -0.1) is 0 Å². The molecule has 0 aliphatic rings. The van der Waals surface area contributed by atoms with Gasteiger partial charge in [-0.2, -0.15) is 5.10 Å². The molecule has 0 radical (unpaired) electrons. The van der Waals surface area contributed by atoms with Crippen molar-refractivity contribution >= 4 is 33.3 Å². The summed E-state index contributed by atoms with van der Waals surface area (Å²) in [5.41, 5.74) is 8.80. The second-order valence-electron chi connectivity index (χ2n) is 4.65. The lowest BCUT2D eigenvalue weighted by Crippen LogP contribution is -2.31. The van der Waals surface area contributed by atoms with Crippen molar-refractivity contribution < 1.29 is 4.79 Å². The molecule has 0 fully saturated rings. The van der Waals surface area contributed by atoms with E-state index < -0.39 is 6.03 Å². The number of rotatable bonds is 3. The first kappa shape index (κ1) is 14.3. The highest BCUT2D eigenvalue weighted by molar-refractivity contribution is 9.10. The van der Waals surface area contributed by atoms with E-state index >= 15 is 0 Å². The zero-order valence-corrected chi connectivity index (χ0v) is 13.1. The molecule has 3 rings (SSSR count). The minimum atomic E-state index is -0.526. The molecule has 110 valence electrons. The number of aromatic amines is 1. The quantitative estimate of drug-likeness (QED) is 0.742. The number of hydrogen-bond acceptors (Lipinski definition) is 2. The van der Waals surface area contributed by atoms with E-state index in [9.17, 15) is 4.79 Å². The van der Waals surface area contributed by atoms with Crippen molar-refractivity contribution in [3.63, 3.8) is 0 Å². The van der Waals surface area contributed by atoms with Crippen LogP contribution in [0.5, 0.6) is 0 Å². The van der Waals surface area contributed by atoms with Crippen LogP contribution in [0.25, 0.3) is 11.3 Å². The van der Waals surface area contributed by atoms with Crippen LogP contribution < -0.4 is 10.6 Å². The van der Waals surface area contributed by atoms with E-state index in [2.05, 4.69) is 26.1 Å². The van der Waals surface area contributed by atoms with Gasteiger partial charge in [0.05, 0.1) is 27.7 Å². The van der Waals surface area contributed by atoms with Crippen molar-refractivity contribution in [3.05, 3.63) is 65.3 Å². The number of nitrogens with one attached hydrogen (secondary N) is 1. The first-order valence-corrected chi connectivity index (χ1v) is 7.40. The molecule has 6 heteroatoms. The molecule has 2 aromatic carbocycles. The Morgan fingerprint density at radius 1 is 1.05 bits per heavy atom. The zero-order chi connectivity index (χ0) is 15.5. The van der Waals surface area contributed by atoms with E-state index in [1.54, 1.807) is 6.20 Å². The molecule has 0 unspecified atom stereocenters. The molecular weight excluding hydrogens is 344 g/mol. The normalized spacial score (nSPS) is 10.4. The summed E-state index contributed by atoms with van der Waals surface area (Å²) >= 11 is 3.43. The Bertz CT molecular complexity index is 783. The van der Waals surface area contributed by atoms with Crippen molar-refractivity contribution in [1.29, 1.82) is 0 Å². The molecule has 0 saturated carbocycles. The molecule has 3 aromatic rings. The predicted molar refractivity (Wildman–Crippen MR) is 89.9 cm³/mol. The third-order valence-electron chi connectivity index (χ3n) is 3.24. The standard InChI is InChI=1S/C16H13BrN4O/c17-14-10-19-20-15(14)11-6-8-13(9-7-11)21(16(18)22)12-4-2-1-3-5-12/h1-10H,(H2,18,22)(H,19,20). The van der Waals surface area contributed by atoms with Gasteiger partial charge in [0.25, 0.3) is 0 Å². The largest absolute Gasteiger partial charge is 0.351 e. The third kappa shape index (κ3) is 2.73. The highest BCUT2D eigenvalue weighted by Crippen LogP contribution is 2.30. The number of carbonyl (C=O) groups is 1. The number of nitrogens with zero attached hydrogens (tertiary/aromatic N) is 2. The number of halogens is 1. The summed E-state index contributed by atoms with van der Waals surface area (Å²) in [6.45, 7) is 0. The van der Waals surface area contributed by atoms with Crippen molar-refractivity contribution in [2.24, 2.45) is 5.73 Å². The Hall–Kier alpha value is -2.60. The van der Waals surface area contributed by atoms with E-state index in [4.69, 9.17) is 5.73 Å². The van der Waals surface area contributed by atoms with Gasteiger partial charge < -0.3 is 5.73 Å². The van der Waals surface area contributed by atoms with Crippen LogP contribution in [0.15, 0.2) is 65.3 Å². The van der Waals surface area contributed by atoms with Crippen LogP contribution in [0.2, 0.25) is 0 Å². The molecule has 2 amide bonds. The topological polar surface area (TPSA) is 75.0 Å². The van der Waals surface area contributed by atoms with Gasteiger partial charge in [0.2, 0.25) is 0 Å². The summed E-state index contributed by atoms with van der Waals surface area (Å²) in [6.07, 6.45) is 1.70. The fourth-order valence-electron chi connectivity index (χ4n) is 2.23. The predicted octanol–water partition coefficient (Wildman–Crippen LogP) is 4.06. The maximum Gasteiger partial charge on any atom is 0.323 e. The van der Waals surface area contributed by atoms with Gasteiger partial charge in [0, 0.05) is 5.56 Å². The average molecular weight is 357 g/mol. The van der Waals surface area contributed by atoms with E-state index in [0.717, 1.165) is 21.4 Å². The monoisotopic (exact) mass is 356 g/mol. The summed E-state index contributed by atoms with van der Waals surface area (Å²) < 4.78 is 0.884. The number of anilines is 2. The smallest absolute Gasteiger partial charge is 0.323 e. The Morgan fingerprint density at radius 3 is 2.23 bits per heavy atom. The molecule has 0 spiro atoms. The molecule has 22 heavy (non-hydrogen) atoms. The van der Waals surface area contributed by atoms with Crippen LogP contribution >= 0.6 is 15.9 Å². The van der Waals surface area contributed by atoms with Gasteiger partial charge >= 0.3 is 6.03 Å². The highest BCUT2D eigenvalue weighted by Gasteiger charge is 2.15. The SMILES string of the molecule is NC(=O)N(c1ccccc1)c1ccc(-c2[nH]ncc2Br)cc1. The maximum atomic E-state index is 11.8. The molecular formula is C16H13BrN4O. The first-order valence-electron chi connectivity index (χ1n) is 6.61. The van der Waals surface area contributed by atoms with Crippen molar-refractivity contribution in [2.75, 3.05) is 4.90 Å². The van der Waals surface area contributed by atoms with Crippen LogP contribution in [0.3, 0.4) is 0 Å². The summed E-state index contributed by atoms with van der Waals surface area (Å²) in [7, 11) is 0. The molecule has 0 saturated heterocycles. The van der Waals surface area contributed by atoms with Gasteiger partial charge in [-0.1, -0.05) is 30.3 Å². The lowest BCUT2D eigenvalue weighted by molar-refractivity contribution is 0.256. The number of H-pyrrole nitrogens is 1. The zero-order valence-electron chi connectivity index (χ0n) is 11.5. The number of benzene rings is 2. The maximum absolute atomic E-state index is 11.8. The fraction of sp³-hybridized carbons (Fsp3) is 0. The second kappa shape index (κ2) is 6.03. The molecule has 1 aromatic heterocycles. The van der Waals surface area contributed by atoms with Gasteiger partial charge in [-0.05, 0) is 40.2 Å². The van der Waals surface area contributed by atoms with Crippen LogP contribution in [-0.2, 0) is 0 Å². The van der Waals surface area contributed by atoms with E-state index in [0.29, 0.717) is 5.69 Å². The molecule has 0 bridgehead atoms. The summed E-state index contributed by atoms with van der Waals surface area (Å²) in [6, 6.07) is 16.3. The number of para-hydroxylation sites is 1. The molecule has 0 aliphatic heterocycles. The summed E-state index contributed by atoms with van der Waals surface area (Å²) in [5, 5.41) is 6.90. The Balaban J connectivity index is 1.97. The molecule has 0 atom stereocenters. The Labute approximate surface area is 135 Å². The van der Waals surface area contributed by atoms with E-state index in [1.165, 1.54) is 4.90 Å². The first-order chi connectivity index (χ1) is 10.7. The average Bonchev–Trinajstić information content (AvgIpc) is 2.95. The van der Waals surface area contributed by atoms with E-state index in [-0.39, 0.29) is 0 Å². The Morgan fingerprint density at radius 2 is 1.68 bits per heavy atom. The number of amides is 2. The van der Waals surface area contributed by atoms with E-state index in [1.807, 2.05) is 54.6 Å². The molecule has 0 aliphatic carbocycles.